The van der Waals surface area contributed by atoms with E-state index in [1.807, 2.05) is 53.4 Å². The summed E-state index contributed by atoms with van der Waals surface area (Å²) < 4.78 is 19.0. The molecule has 2 aliphatic rings. The Balaban J connectivity index is 1.36. The highest BCUT2D eigenvalue weighted by molar-refractivity contribution is 7.99. The molecule has 0 bridgehead atoms. The minimum Gasteiger partial charge on any atom is -0.457 e. The minimum atomic E-state index is -0.290. The van der Waals surface area contributed by atoms with Crippen molar-refractivity contribution >= 4 is 17.7 Å². The van der Waals surface area contributed by atoms with Gasteiger partial charge in [0.25, 0.3) is 5.91 Å². The molecule has 1 amide bonds. The number of hydrogen-bond acceptors (Lipinski definition) is 4. The monoisotopic (exact) mass is 462 g/mol. The van der Waals surface area contributed by atoms with Crippen molar-refractivity contribution < 1.29 is 13.9 Å². The highest BCUT2D eigenvalue weighted by atomic mass is 32.2. The van der Waals surface area contributed by atoms with E-state index in [2.05, 4.69) is 4.90 Å². The maximum atomic E-state index is 13.4. The molecule has 33 heavy (non-hydrogen) atoms. The second-order valence-electron chi connectivity index (χ2n) is 8.49. The average Bonchev–Trinajstić information content (AvgIpc) is 2.86. The first-order valence-corrected chi connectivity index (χ1v) is 12.4. The molecule has 0 aromatic heterocycles. The van der Waals surface area contributed by atoms with Crippen LogP contribution in [0.1, 0.15) is 40.6 Å². The Morgan fingerprint density at radius 3 is 2.24 bits per heavy atom. The summed E-state index contributed by atoms with van der Waals surface area (Å²) in [5.74, 6) is 1.07. The predicted molar refractivity (Wildman–Crippen MR) is 129 cm³/mol. The first-order valence-electron chi connectivity index (χ1n) is 11.5. The lowest BCUT2D eigenvalue weighted by atomic mass is 10.1. The third-order valence-corrected chi connectivity index (χ3v) is 7.58. The Morgan fingerprint density at radius 1 is 0.848 bits per heavy atom. The van der Waals surface area contributed by atoms with E-state index in [4.69, 9.17) is 4.74 Å². The van der Waals surface area contributed by atoms with Crippen LogP contribution in [0.4, 0.5) is 4.39 Å². The number of benzene rings is 3. The lowest BCUT2D eigenvalue weighted by Crippen LogP contribution is -2.43. The molecule has 170 valence electrons. The van der Waals surface area contributed by atoms with Crippen molar-refractivity contribution in [1.82, 2.24) is 9.80 Å². The number of amides is 1. The van der Waals surface area contributed by atoms with E-state index in [1.54, 1.807) is 23.9 Å². The zero-order chi connectivity index (χ0) is 22.6. The molecule has 4 nitrogen and oxygen atoms in total. The molecule has 0 N–H and O–H groups in total. The molecule has 3 aromatic rings. The van der Waals surface area contributed by atoms with Crippen LogP contribution in [0.2, 0.25) is 0 Å². The highest BCUT2D eigenvalue weighted by Gasteiger charge is 2.34. The number of likely N-dealkylation sites (tertiary alicyclic amines) is 1. The Labute approximate surface area is 198 Å². The molecule has 6 heteroatoms. The summed E-state index contributed by atoms with van der Waals surface area (Å²) >= 11 is 1.72. The normalized spacial score (nSPS) is 18.8. The van der Waals surface area contributed by atoms with E-state index >= 15 is 0 Å². The van der Waals surface area contributed by atoms with Gasteiger partial charge < -0.3 is 14.5 Å². The van der Waals surface area contributed by atoms with E-state index in [0.717, 1.165) is 35.7 Å². The second-order valence-corrected chi connectivity index (χ2v) is 9.61. The molecule has 1 unspecified atom stereocenters. The summed E-state index contributed by atoms with van der Waals surface area (Å²) in [6.07, 6.45) is 3.78. The molecule has 2 aliphatic heterocycles. The first-order chi connectivity index (χ1) is 16.2. The van der Waals surface area contributed by atoms with Crippen molar-refractivity contribution in [1.29, 1.82) is 0 Å². The standard InChI is InChI=1S/C27H27FN2O2S/c28-21-10-14-23(15-11-21)32-22-12-8-20(9-13-22)27-30(19-18-29-16-4-1-5-17-29)26(31)24-6-2-3-7-25(24)33-27/h2-3,6-15,27H,1,4-5,16-19H2. The van der Waals surface area contributed by atoms with Gasteiger partial charge in [0.1, 0.15) is 22.7 Å². The molecule has 5 rings (SSSR count). The van der Waals surface area contributed by atoms with Crippen molar-refractivity contribution in [2.24, 2.45) is 0 Å². The van der Waals surface area contributed by atoms with Gasteiger partial charge in [-0.2, -0.15) is 0 Å². The number of hydrogen-bond donors (Lipinski definition) is 0. The molecule has 0 aliphatic carbocycles. The number of nitrogens with zero attached hydrogens (tertiary/aromatic N) is 2. The number of fused-ring (bicyclic) bond motifs is 1. The predicted octanol–water partition coefficient (Wildman–Crippen LogP) is 6.35. The smallest absolute Gasteiger partial charge is 0.256 e. The van der Waals surface area contributed by atoms with Crippen LogP contribution < -0.4 is 4.74 Å². The number of carbonyl (C=O) groups is 1. The fourth-order valence-electron chi connectivity index (χ4n) is 4.43. The van der Waals surface area contributed by atoms with Gasteiger partial charge in [0.2, 0.25) is 0 Å². The summed E-state index contributed by atoms with van der Waals surface area (Å²) in [5.41, 5.74) is 1.85. The Morgan fingerprint density at radius 2 is 1.52 bits per heavy atom. The van der Waals surface area contributed by atoms with Gasteiger partial charge in [-0.05, 0) is 80.0 Å². The first kappa shape index (κ1) is 22.0. The molecule has 2 heterocycles. The van der Waals surface area contributed by atoms with Gasteiger partial charge in [0.15, 0.2) is 0 Å². The van der Waals surface area contributed by atoms with E-state index in [0.29, 0.717) is 18.0 Å². The molecule has 0 spiro atoms. The molecule has 0 saturated carbocycles. The van der Waals surface area contributed by atoms with Crippen LogP contribution in [0.25, 0.3) is 0 Å². The van der Waals surface area contributed by atoms with Crippen molar-refractivity contribution in [3.63, 3.8) is 0 Å². The fraction of sp³-hybridized carbons (Fsp3) is 0.296. The second kappa shape index (κ2) is 9.98. The zero-order valence-electron chi connectivity index (χ0n) is 18.5. The van der Waals surface area contributed by atoms with E-state index < -0.39 is 0 Å². The van der Waals surface area contributed by atoms with E-state index in [9.17, 15) is 9.18 Å². The van der Waals surface area contributed by atoms with E-state index in [-0.39, 0.29) is 17.1 Å². The highest BCUT2D eigenvalue weighted by Crippen LogP contribution is 2.44. The van der Waals surface area contributed by atoms with Gasteiger partial charge in [-0.25, -0.2) is 4.39 Å². The lowest BCUT2D eigenvalue weighted by molar-refractivity contribution is 0.0697. The molecule has 1 atom stereocenters. The van der Waals surface area contributed by atoms with E-state index in [1.165, 1.54) is 31.4 Å². The maximum Gasteiger partial charge on any atom is 0.256 e. The van der Waals surface area contributed by atoms with Gasteiger partial charge in [-0.1, -0.05) is 42.4 Å². The number of halogens is 1. The van der Waals surface area contributed by atoms with Crippen molar-refractivity contribution in [2.75, 3.05) is 26.2 Å². The van der Waals surface area contributed by atoms with Gasteiger partial charge in [-0.15, -0.1) is 0 Å². The Bertz CT molecular complexity index is 1100. The van der Waals surface area contributed by atoms with Crippen LogP contribution in [-0.2, 0) is 0 Å². The Hall–Kier alpha value is -2.83. The average molecular weight is 463 g/mol. The summed E-state index contributed by atoms with van der Waals surface area (Å²) in [5, 5.41) is -0.0861. The van der Waals surface area contributed by atoms with Gasteiger partial charge in [0, 0.05) is 18.0 Å². The Kier molecular flexibility index (Phi) is 6.65. The maximum absolute atomic E-state index is 13.4. The fourth-order valence-corrected chi connectivity index (χ4v) is 5.73. The SMILES string of the molecule is O=C1c2ccccc2SC(c2ccc(Oc3ccc(F)cc3)cc2)N1CCN1CCCCC1. The number of thioether (sulfide) groups is 1. The lowest BCUT2D eigenvalue weighted by Gasteiger charge is -2.38. The van der Waals surface area contributed by atoms with Crippen LogP contribution in [0.15, 0.2) is 77.7 Å². The molecular formula is C27H27FN2O2S. The van der Waals surface area contributed by atoms with Gasteiger partial charge in [-0.3, -0.25) is 4.79 Å². The minimum absolute atomic E-state index is 0.0861. The third-order valence-electron chi connectivity index (χ3n) is 6.22. The molecule has 1 saturated heterocycles. The van der Waals surface area contributed by atoms with Crippen molar-refractivity contribution in [3.05, 3.63) is 89.7 Å². The summed E-state index contributed by atoms with van der Waals surface area (Å²) in [4.78, 5) is 19.0. The van der Waals surface area contributed by atoms with Crippen LogP contribution in [0.3, 0.4) is 0 Å². The van der Waals surface area contributed by atoms with Crippen LogP contribution in [0, 0.1) is 5.82 Å². The quantitative estimate of drug-likeness (QED) is 0.427. The topological polar surface area (TPSA) is 32.8 Å². The van der Waals surface area contributed by atoms with Crippen molar-refractivity contribution in [2.45, 2.75) is 29.5 Å². The number of piperidine rings is 1. The van der Waals surface area contributed by atoms with Crippen LogP contribution in [-0.4, -0.2) is 41.9 Å². The van der Waals surface area contributed by atoms with Gasteiger partial charge >= 0.3 is 0 Å². The largest absolute Gasteiger partial charge is 0.457 e. The number of ether oxygens (including phenoxy) is 1. The summed E-state index contributed by atoms with van der Waals surface area (Å²) in [6, 6.07) is 21.7. The molecule has 1 fully saturated rings. The summed E-state index contributed by atoms with van der Waals surface area (Å²) in [7, 11) is 0. The number of rotatable bonds is 6. The van der Waals surface area contributed by atoms with Gasteiger partial charge in [0.05, 0.1) is 5.56 Å². The summed E-state index contributed by atoms with van der Waals surface area (Å²) in [6.45, 7) is 3.84. The zero-order valence-corrected chi connectivity index (χ0v) is 19.3. The molecule has 0 radical (unpaired) electrons. The molecular weight excluding hydrogens is 435 g/mol. The van der Waals surface area contributed by atoms with Crippen molar-refractivity contribution in [3.8, 4) is 11.5 Å². The van der Waals surface area contributed by atoms with Crippen LogP contribution in [0.5, 0.6) is 11.5 Å². The molecule has 3 aromatic carbocycles. The number of carbonyl (C=O) groups excluding carboxylic acids is 1. The third kappa shape index (κ3) is 5.07. The van der Waals surface area contributed by atoms with Crippen LogP contribution >= 0.6 is 11.8 Å².